The Kier molecular flexibility index (Phi) is 4.12. The summed E-state index contributed by atoms with van der Waals surface area (Å²) in [6.45, 7) is 7.47. The van der Waals surface area contributed by atoms with Gasteiger partial charge in [-0.2, -0.15) is 0 Å². The monoisotopic (exact) mass is 384 g/mol. The molecule has 2 aromatic heterocycles. The Hall–Kier alpha value is -3.21. The summed E-state index contributed by atoms with van der Waals surface area (Å²) in [4.78, 5) is 27.9. The summed E-state index contributed by atoms with van der Waals surface area (Å²) in [7, 11) is 0. The number of H-pyrrole nitrogens is 1. The largest absolute Gasteiger partial charge is 0.358 e. The summed E-state index contributed by atoms with van der Waals surface area (Å²) < 4.78 is 0. The van der Waals surface area contributed by atoms with Crippen molar-refractivity contribution in [3.8, 4) is 0 Å². The SMILES string of the molecule is Cc1ccc2[nH]c3c(c2c1)CCN(C(=O)c1ccc2nc(C)c(C)nc2c1)CC3. The number of hydrogen-bond acceptors (Lipinski definition) is 3. The summed E-state index contributed by atoms with van der Waals surface area (Å²) >= 11 is 0. The Morgan fingerprint density at radius 1 is 0.931 bits per heavy atom. The number of nitrogens with one attached hydrogen (secondary N) is 1. The third-order valence-corrected chi connectivity index (χ3v) is 6.02. The van der Waals surface area contributed by atoms with Crippen molar-refractivity contribution >= 4 is 27.8 Å². The zero-order valence-corrected chi connectivity index (χ0v) is 17.0. The van der Waals surface area contributed by atoms with Gasteiger partial charge in [0, 0.05) is 41.7 Å². The van der Waals surface area contributed by atoms with Gasteiger partial charge in [0.2, 0.25) is 0 Å². The standard InChI is InChI=1S/C24H24N4O/c1-14-4-6-20-19(12-14)18-8-10-28(11-9-21(18)27-20)24(29)17-5-7-22-23(13-17)26-16(3)15(2)25-22/h4-7,12-13,27H,8-11H2,1-3H3. The van der Waals surface area contributed by atoms with Crippen molar-refractivity contribution in [3.63, 3.8) is 0 Å². The minimum atomic E-state index is 0.0672. The lowest BCUT2D eigenvalue weighted by Crippen LogP contribution is -2.33. The topological polar surface area (TPSA) is 61.9 Å². The number of rotatable bonds is 1. The second-order valence-electron chi connectivity index (χ2n) is 8.02. The van der Waals surface area contributed by atoms with Gasteiger partial charge < -0.3 is 9.88 Å². The Morgan fingerprint density at radius 2 is 1.69 bits per heavy atom. The van der Waals surface area contributed by atoms with Gasteiger partial charge in [-0.25, -0.2) is 9.97 Å². The summed E-state index contributed by atoms with van der Waals surface area (Å²) in [5, 5.41) is 1.29. The van der Waals surface area contributed by atoms with Crippen LogP contribution in [0.1, 0.15) is 38.6 Å². The Morgan fingerprint density at radius 3 is 2.52 bits per heavy atom. The zero-order valence-electron chi connectivity index (χ0n) is 17.0. The van der Waals surface area contributed by atoms with Crippen LogP contribution in [0, 0.1) is 20.8 Å². The van der Waals surface area contributed by atoms with Gasteiger partial charge in [0.1, 0.15) is 0 Å². The first-order valence-electron chi connectivity index (χ1n) is 10.1. The van der Waals surface area contributed by atoms with Crippen LogP contribution < -0.4 is 0 Å². The molecule has 5 nitrogen and oxygen atoms in total. The van der Waals surface area contributed by atoms with E-state index in [4.69, 9.17) is 0 Å². The van der Waals surface area contributed by atoms with Crippen LogP contribution in [0.25, 0.3) is 21.9 Å². The predicted molar refractivity (Wildman–Crippen MR) is 115 cm³/mol. The molecule has 2 aromatic carbocycles. The molecule has 0 radical (unpaired) electrons. The van der Waals surface area contributed by atoms with Gasteiger partial charge in [-0.1, -0.05) is 11.6 Å². The number of amides is 1. The lowest BCUT2D eigenvalue weighted by molar-refractivity contribution is 0.0763. The summed E-state index contributed by atoms with van der Waals surface area (Å²) in [6, 6.07) is 12.2. The summed E-state index contributed by atoms with van der Waals surface area (Å²) in [5.74, 6) is 0.0672. The van der Waals surface area contributed by atoms with Crippen LogP contribution in [-0.4, -0.2) is 38.8 Å². The first-order chi connectivity index (χ1) is 14.0. The van der Waals surface area contributed by atoms with Crippen LogP contribution in [-0.2, 0) is 12.8 Å². The molecule has 0 saturated heterocycles. The number of carbonyl (C=O) groups is 1. The molecule has 4 aromatic rings. The molecule has 0 aliphatic carbocycles. The second kappa shape index (κ2) is 6.69. The molecule has 0 spiro atoms. The van der Waals surface area contributed by atoms with Gasteiger partial charge in [-0.15, -0.1) is 0 Å². The van der Waals surface area contributed by atoms with E-state index in [9.17, 15) is 4.79 Å². The minimum absolute atomic E-state index is 0.0672. The van der Waals surface area contributed by atoms with Crippen LogP contribution in [0.2, 0.25) is 0 Å². The van der Waals surface area contributed by atoms with E-state index in [0.29, 0.717) is 12.1 Å². The first kappa shape index (κ1) is 17.9. The van der Waals surface area contributed by atoms with Gasteiger partial charge in [-0.3, -0.25) is 4.79 Å². The molecule has 0 atom stereocenters. The molecular weight excluding hydrogens is 360 g/mol. The second-order valence-corrected chi connectivity index (χ2v) is 8.02. The lowest BCUT2D eigenvalue weighted by Gasteiger charge is -2.20. The van der Waals surface area contributed by atoms with Crippen LogP contribution in [0.15, 0.2) is 36.4 Å². The molecular formula is C24H24N4O. The van der Waals surface area contributed by atoms with Crippen molar-refractivity contribution < 1.29 is 4.79 Å². The average molecular weight is 384 g/mol. The molecule has 0 saturated carbocycles. The van der Waals surface area contributed by atoms with Crippen molar-refractivity contribution in [3.05, 3.63) is 70.2 Å². The van der Waals surface area contributed by atoms with Crippen molar-refractivity contribution in [1.82, 2.24) is 19.9 Å². The molecule has 1 aliphatic rings. The highest BCUT2D eigenvalue weighted by Gasteiger charge is 2.22. The van der Waals surface area contributed by atoms with Gasteiger partial charge in [0.05, 0.1) is 22.4 Å². The smallest absolute Gasteiger partial charge is 0.253 e. The molecule has 1 amide bonds. The fraction of sp³-hybridized carbons (Fsp3) is 0.292. The molecule has 0 unspecified atom stereocenters. The molecule has 0 fully saturated rings. The van der Waals surface area contributed by atoms with Crippen LogP contribution >= 0.6 is 0 Å². The highest BCUT2D eigenvalue weighted by Crippen LogP contribution is 2.27. The third-order valence-electron chi connectivity index (χ3n) is 6.02. The van der Waals surface area contributed by atoms with Gasteiger partial charge in [0.25, 0.3) is 5.91 Å². The molecule has 1 N–H and O–H groups in total. The van der Waals surface area contributed by atoms with Crippen molar-refractivity contribution in [1.29, 1.82) is 0 Å². The lowest BCUT2D eigenvalue weighted by atomic mass is 10.1. The van der Waals surface area contributed by atoms with Crippen LogP contribution in [0.5, 0.6) is 0 Å². The van der Waals surface area contributed by atoms with E-state index < -0.39 is 0 Å². The van der Waals surface area contributed by atoms with E-state index in [1.165, 1.54) is 27.7 Å². The number of aryl methyl sites for hydroxylation is 3. The number of hydrogen-bond donors (Lipinski definition) is 1. The van der Waals surface area contributed by atoms with E-state index in [-0.39, 0.29) is 5.91 Å². The molecule has 0 bridgehead atoms. The molecule has 3 heterocycles. The van der Waals surface area contributed by atoms with E-state index in [2.05, 4.69) is 40.1 Å². The third kappa shape index (κ3) is 3.07. The number of nitrogens with zero attached hydrogens (tertiary/aromatic N) is 3. The highest BCUT2D eigenvalue weighted by atomic mass is 16.2. The maximum Gasteiger partial charge on any atom is 0.253 e. The number of aromatic amines is 1. The highest BCUT2D eigenvalue weighted by molar-refractivity contribution is 5.97. The maximum absolute atomic E-state index is 13.2. The Bertz CT molecular complexity index is 1270. The predicted octanol–water partition coefficient (Wildman–Crippen LogP) is 4.28. The number of carbonyl (C=O) groups excluding carboxylic acids is 1. The first-order valence-corrected chi connectivity index (χ1v) is 10.1. The van der Waals surface area contributed by atoms with E-state index >= 15 is 0 Å². The molecule has 146 valence electrons. The van der Waals surface area contributed by atoms with Crippen LogP contribution in [0.4, 0.5) is 0 Å². The molecule has 29 heavy (non-hydrogen) atoms. The fourth-order valence-corrected chi connectivity index (χ4v) is 4.27. The van der Waals surface area contributed by atoms with Crippen molar-refractivity contribution in [2.24, 2.45) is 0 Å². The molecule has 5 heteroatoms. The quantitative estimate of drug-likeness (QED) is 0.533. The fourth-order valence-electron chi connectivity index (χ4n) is 4.27. The van der Waals surface area contributed by atoms with Crippen molar-refractivity contribution in [2.45, 2.75) is 33.6 Å². The number of benzene rings is 2. The normalized spacial score (nSPS) is 14.2. The van der Waals surface area contributed by atoms with E-state index in [1.807, 2.05) is 36.9 Å². The summed E-state index contributed by atoms with van der Waals surface area (Å²) in [6.07, 6.45) is 1.72. The zero-order chi connectivity index (χ0) is 20.1. The molecule has 5 rings (SSSR count). The van der Waals surface area contributed by atoms with Crippen LogP contribution in [0.3, 0.4) is 0 Å². The Labute approximate surface area is 169 Å². The van der Waals surface area contributed by atoms with E-state index in [1.54, 1.807) is 0 Å². The number of fused-ring (bicyclic) bond motifs is 4. The average Bonchev–Trinajstić information content (AvgIpc) is 2.91. The summed E-state index contributed by atoms with van der Waals surface area (Å²) in [5.41, 5.74) is 9.19. The minimum Gasteiger partial charge on any atom is -0.358 e. The van der Waals surface area contributed by atoms with Gasteiger partial charge in [-0.05, 0) is 63.1 Å². The maximum atomic E-state index is 13.2. The van der Waals surface area contributed by atoms with E-state index in [0.717, 1.165) is 41.8 Å². The Balaban J connectivity index is 1.43. The molecule has 1 aliphatic heterocycles. The van der Waals surface area contributed by atoms with Crippen molar-refractivity contribution in [2.75, 3.05) is 13.1 Å². The van der Waals surface area contributed by atoms with Gasteiger partial charge >= 0.3 is 0 Å². The van der Waals surface area contributed by atoms with Gasteiger partial charge in [0.15, 0.2) is 0 Å². The number of aromatic nitrogens is 3.